The summed E-state index contributed by atoms with van der Waals surface area (Å²) in [6.07, 6.45) is 7.00. The van der Waals surface area contributed by atoms with Crippen LogP contribution in [-0.4, -0.2) is 54.4 Å². The minimum atomic E-state index is -1.48. The molecular formula is C23H21N7O2S. The van der Waals surface area contributed by atoms with Gasteiger partial charge in [-0.2, -0.15) is 0 Å². The van der Waals surface area contributed by atoms with Crippen LogP contribution in [0.2, 0.25) is 0 Å². The Balaban J connectivity index is 1.36. The fraction of sp³-hybridized carbons (Fsp3) is 0.217. The van der Waals surface area contributed by atoms with Gasteiger partial charge in [-0.15, -0.1) is 11.3 Å². The second-order valence-electron chi connectivity index (χ2n) is 7.77. The number of anilines is 1. The number of benzene rings is 1. The van der Waals surface area contributed by atoms with Crippen molar-refractivity contribution < 1.29 is 9.90 Å². The molecule has 4 aromatic rings. The van der Waals surface area contributed by atoms with Crippen molar-refractivity contribution in [3.8, 4) is 22.0 Å². The van der Waals surface area contributed by atoms with E-state index < -0.39 is 5.60 Å². The molecule has 1 fully saturated rings. The number of rotatable bonds is 6. The van der Waals surface area contributed by atoms with E-state index in [2.05, 4.69) is 25.3 Å². The first-order valence-electron chi connectivity index (χ1n) is 10.4. The lowest BCUT2D eigenvalue weighted by atomic mass is 9.91. The molecule has 1 aliphatic rings. The van der Waals surface area contributed by atoms with Crippen LogP contribution in [-0.2, 0) is 16.9 Å². The third-order valence-electron chi connectivity index (χ3n) is 5.56. The Morgan fingerprint density at radius 1 is 1.15 bits per heavy atom. The van der Waals surface area contributed by atoms with Gasteiger partial charge in [0.05, 0.1) is 24.1 Å². The molecule has 166 valence electrons. The van der Waals surface area contributed by atoms with E-state index in [0.29, 0.717) is 36.7 Å². The van der Waals surface area contributed by atoms with Gasteiger partial charge < -0.3 is 15.3 Å². The number of aromatic nitrogens is 5. The molecule has 0 radical (unpaired) electrons. The molecule has 4 heterocycles. The zero-order chi connectivity index (χ0) is 22.8. The first kappa shape index (κ1) is 21.1. The van der Waals surface area contributed by atoms with E-state index >= 15 is 0 Å². The van der Waals surface area contributed by atoms with Crippen molar-refractivity contribution in [3.63, 3.8) is 0 Å². The third kappa shape index (κ3) is 4.18. The topological polar surface area (TPSA) is 117 Å². The predicted octanol–water partition coefficient (Wildman–Crippen LogP) is 2.72. The second kappa shape index (κ2) is 8.64. The summed E-state index contributed by atoms with van der Waals surface area (Å²) in [5, 5.41) is 16.8. The van der Waals surface area contributed by atoms with Gasteiger partial charge in [0.25, 0.3) is 5.91 Å². The Morgan fingerprint density at radius 3 is 2.85 bits per heavy atom. The quantitative estimate of drug-likeness (QED) is 0.452. The molecule has 1 amide bonds. The van der Waals surface area contributed by atoms with Crippen LogP contribution in [0.5, 0.6) is 0 Å². The molecule has 3 aromatic heterocycles. The SMILES string of the molecule is CN1CC[C@@](O)(c2cccc(-c3nc(-c4ccnc(NCc5cnccn5)n4)cs3)c2)C1=O. The van der Waals surface area contributed by atoms with Gasteiger partial charge in [-0.3, -0.25) is 14.8 Å². The largest absolute Gasteiger partial charge is 0.375 e. The van der Waals surface area contributed by atoms with Crippen molar-refractivity contribution in [3.05, 3.63) is 71.8 Å². The summed E-state index contributed by atoms with van der Waals surface area (Å²) < 4.78 is 0. The molecule has 9 nitrogen and oxygen atoms in total. The number of nitrogens with zero attached hydrogens (tertiary/aromatic N) is 6. The molecule has 1 saturated heterocycles. The van der Waals surface area contributed by atoms with Crippen LogP contribution in [0.1, 0.15) is 17.7 Å². The summed E-state index contributed by atoms with van der Waals surface area (Å²) in [5.41, 5.74) is 2.15. The highest BCUT2D eigenvalue weighted by Crippen LogP contribution is 2.36. The number of nitrogens with one attached hydrogen (secondary N) is 1. The molecule has 0 saturated carbocycles. The number of amides is 1. The monoisotopic (exact) mass is 459 g/mol. The number of carbonyl (C=O) groups excluding carboxylic acids is 1. The Bertz CT molecular complexity index is 1300. The summed E-state index contributed by atoms with van der Waals surface area (Å²) in [7, 11) is 1.70. The highest BCUT2D eigenvalue weighted by Gasteiger charge is 2.45. The van der Waals surface area contributed by atoms with Crippen LogP contribution in [0.15, 0.2) is 60.5 Å². The van der Waals surface area contributed by atoms with Gasteiger partial charge >= 0.3 is 0 Å². The Kier molecular flexibility index (Phi) is 5.53. The van der Waals surface area contributed by atoms with Crippen molar-refractivity contribution in [1.29, 1.82) is 0 Å². The average Bonchev–Trinajstić information content (AvgIpc) is 3.46. The van der Waals surface area contributed by atoms with E-state index in [4.69, 9.17) is 4.98 Å². The maximum absolute atomic E-state index is 12.5. The molecular weight excluding hydrogens is 438 g/mol. The van der Waals surface area contributed by atoms with Crippen LogP contribution in [0.25, 0.3) is 22.0 Å². The molecule has 0 aliphatic carbocycles. The maximum Gasteiger partial charge on any atom is 0.258 e. The van der Waals surface area contributed by atoms with Gasteiger partial charge in [0.2, 0.25) is 5.95 Å². The van der Waals surface area contributed by atoms with Gasteiger partial charge in [0, 0.05) is 49.5 Å². The molecule has 2 N–H and O–H groups in total. The average molecular weight is 460 g/mol. The van der Waals surface area contributed by atoms with E-state index in [-0.39, 0.29) is 5.91 Å². The number of thiazole rings is 1. The van der Waals surface area contributed by atoms with Gasteiger partial charge in [0.15, 0.2) is 5.60 Å². The molecule has 33 heavy (non-hydrogen) atoms. The molecule has 0 bridgehead atoms. The number of carbonyl (C=O) groups is 1. The highest BCUT2D eigenvalue weighted by atomic mass is 32.1. The van der Waals surface area contributed by atoms with E-state index in [1.807, 2.05) is 23.6 Å². The molecule has 0 spiro atoms. The number of likely N-dealkylation sites (N-methyl/N-ethyl adjacent to an activating group) is 1. The molecule has 10 heteroatoms. The first-order chi connectivity index (χ1) is 16.0. The zero-order valence-corrected chi connectivity index (χ0v) is 18.7. The summed E-state index contributed by atoms with van der Waals surface area (Å²) in [4.78, 5) is 35.9. The third-order valence-corrected chi connectivity index (χ3v) is 6.45. The summed E-state index contributed by atoms with van der Waals surface area (Å²) >= 11 is 1.48. The lowest BCUT2D eigenvalue weighted by molar-refractivity contribution is -0.143. The van der Waals surface area contributed by atoms with Crippen LogP contribution in [0.3, 0.4) is 0 Å². The number of hydrogen-bond donors (Lipinski definition) is 2. The number of aliphatic hydroxyl groups is 1. The van der Waals surface area contributed by atoms with Crippen LogP contribution < -0.4 is 5.32 Å². The molecule has 1 atom stereocenters. The predicted molar refractivity (Wildman–Crippen MR) is 124 cm³/mol. The summed E-state index contributed by atoms with van der Waals surface area (Å²) in [6, 6.07) is 9.20. The van der Waals surface area contributed by atoms with Crippen LogP contribution in [0.4, 0.5) is 5.95 Å². The summed E-state index contributed by atoms with van der Waals surface area (Å²) in [5.74, 6) is 0.197. The van der Waals surface area contributed by atoms with Crippen LogP contribution in [0, 0.1) is 0 Å². The normalized spacial score (nSPS) is 18.0. The molecule has 5 rings (SSSR count). The molecule has 1 aliphatic heterocycles. The smallest absolute Gasteiger partial charge is 0.258 e. The first-order valence-corrected chi connectivity index (χ1v) is 11.3. The summed E-state index contributed by atoms with van der Waals surface area (Å²) in [6.45, 7) is 0.991. The van der Waals surface area contributed by atoms with Gasteiger partial charge in [-0.1, -0.05) is 18.2 Å². The highest BCUT2D eigenvalue weighted by molar-refractivity contribution is 7.13. The van der Waals surface area contributed by atoms with E-state index in [1.165, 1.54) is 11.3 Å². The standard InChI is InChI=1S/C23H21N7O2S/c1-30-10-6-23(32,21(30)31)16-4-2-3-15(11-16)20-28-19(14-33-20)18-5-7-26-22(29-18)27-13-17-12-24-8-9-25-17/h2-5,7-9,11-12,14,32H,6,10,13H2,1H3,(H,26,27,29)/t23-/m1/s1. The minimum absolute atomic E-state index is 0.276. The lowest BCUT2D eigenvalue weighted by Crippen LogP contribution is -2.36. The van der Waals surface area contributed by atoms with Gasteiger partial charge in [-0.05, 0) is 17.7 Å². The molecule has 0 unspecified atom stereocenters. The Morgan fingerprint density at radius 2 is 2.06 bits per heavy atom. The fourth-order valence-electron chi connectivity index (χ4n) is 3.73. The van der Waals surface area contributed by atoms with Crippen molar-refractivity contribution in [2.24, 2.45) is 0 Å². The van der Waals surface area contributed by atoms with Crippen molar-refractivity contribution in [2.75, 3.05) is 18.9 Å². The van der Waals surface area contributed by atoms with Crippen molar-refractivity contribution >= 4 is 23.2 Å². The second-order valence-corrected chi connectivity index (χ2v) is 8.63. The Labute approximate surface area is 194 Å². The zero-order valence-electron chi connectivity index (χ0n) is 17.8. The van der Waals surface area contributed by atoms with Gasteiger partial charge in [0.1, 0.15) is 10.7 Å². The minimum Gasteiger partial charge on any atom is -0.375 e. The number of hydrogen-bond acceptors (Lipinski definition) is 9. The lowest BCUT2D eigenvalue weighted by Gasteiger charge is -2.21. The fourth-order valence-corrected chi connectivity index (χ4v) is 4.54. The van der Waals surface area contributed by atoms with Crippen molar-refractivity contribution in [1.82, 2.24) is 29.8 Å². The molecule has 1 aromatic carbocycles. The number of likely N-dealkylation sites (tertiary alicyclic amines) is 1. The van der Waals surface area contributed by atoms with E-state index in [1.54, 1.807) is 48.9 Å². The Hall–Kier alpha value is -3.76. The maximum atomic E-state index is 12.5. The van der Waals surface area contributed by atoms with E-state index in [0.717, 1.165) is 22.0 Å². The van der Waals surface area contributed by atoms with Crippen LogP contribution >= 0.6 is 11.3 Å². The van der Waals surface area contributed by atoms with E-state index in [9.17, 15) is 9.90 Å². The van der Waals surface area contributed by atoms with Crippen molar-refractivity contribution in [2.45, 2.75) is 18.6 Å². The van der Waals surface area contributed by atoms with Gasteiger partial charge in [-0.25, -0.2) is 15.0 Å².